The largest absolute Gasteiger partial charge is 0.337 e. The molecule has 0 aliphatic heterocycles. The van der Waals surface area contributed by atoms with Gasteiger partial charge < -0.3 is 10.7 Å². The lowest BCUT2D eigenvalue weighted by atomic mass is 10.2. The van der Waals surface area contributed by atoms with Crippen LogP contribution < -0.4 is 16.6 Å². The number of nitrogens with zero attached hydrogens (tertiary/aromatic N) is 3. The molecule has 1 heterocycles. The molecule has 0 aliphatic rings. The summed E-state index contributed by atoms with van der Waals surface area (Å²) in [5, 5.41) is 11.5. The molecule has 0 aliphatic carbocycles. The van der Waals surface area contributed by atoms with Crippen LogP contribution in [0.4, 0.5) is 21.7 Å². The Hall–Kier alpha value is -2.72. The van der Waals surface area contributed by atoms with Gasteiger partial charge in [0.05, 0.1) is 17.3 Å². The summed E-state index contributed by atoms with van der Waals surface area (Å²) in [5.41, 5.74) is 3.57. The van der Waals surface area contributed by atoms with Gasteiger partial charge >= 0.3 is 0 Å². The third kappa shape index (κ3) is 2.59. The predicted molar refractivity (Wildman–Crippen MR) is 69.0 cm³/mol. The molecule has 0 saturated carbocycles. The van der Waals surface area contributed by atoms with E-state index < -0.39 is 5.82 Å². The lowest BCUT2D eigenvalue weighted by Crippen LogP contribution is -2.11. The van der Waals surface area contributed by atoms with Gasteiger partial charge in [0, 0.05) is 5.56 Å². The van der Waals surface area contributed by atoms with E-state index in [0.717, 1.165) is 6.07 Å². The van der Waals surface area contributed by atoms with E-state index in [1.165, 1.54) is 18.5 Å². The highest BCUT2D eigenvalue weighted by molar-refractivity contribution is 5.64. The summed E-state index contributed by atoms with van der Waals surface area (Å²) in [6, 6.07) is 6.02. The quantitative estimate of drug-likeness (QED) is 0.573. The summed E-state index contributed by atoms with van der Waals surface area (Å²) >= 11 is 0. The van der Waals surface area contributed by atoms with Crippen molar-refractivity contribution >= 4 is 17.3 Å². The van der Waals surface area contributed by atoms with Crippen LogP contribution in [0.2, 0.25) is 0 Å². The van der Waals surface area contributed by atoms with E-state index >= 15 is 0 Å². The van der Waals surface area contributed by atoms with Crippen molar-refractivity contribution in [3.8, 4) is 6.07 Å². The van der Waals surface area contributed by atoms with Crippen molar-refractivity contribution in [1.82, 2.24) is 9.97 Å². The van der Waals surface area contributed by atoms with Crippen molar-refractivity contribution in [3.05, 3.63) is 41.5 Å². The van der Waals surface area contributed by atoms with Gasteiger partial charge in [-0.05, 0) is 25.1 Å². The number of anilines is 3. The Morgan fingerprint density at radius 3 is 2.68 bits per heavy atom. The number of aromatic nitrogens is 2. The van der Waals surface area contributed by atoms with E-state index in [9.17, 15) is 4.39 Å². The van der Waals surface area contributed by atoms with Gasteiger partial charge in [-0.3, -0.25) is 0 Å². The lowest BCUT2D eigenvalue weighted by Gasteiger charge is -2.11. The van der Waals surface area contributed by atoms with Gasteiger partial charge in [0.25, 0.3) is 0 Å². The average Bonchev–Trinajstić information content (AvgIpc) is 2.43. The van der Waals surface area contributed by atoms with Crippen molar-refractivity contribution in [2.45, 2.75) is 6.92 Å². The van der Waals surface area contributed by atoms with Crippen LogP contribution in [0.25, 0.3) is 0 Å². The molecule has 0 radical (unpaired) electrons. The molecule has 0 amide bonds. The molecular formula is C12H11FN6. The molecule has 1 aromatic heterocycles. The summed E-state index contributed by atoms with van der Waals surface area (Å²) < 4.78 is 13.7. The number of nitrogens with two attached hydrogens (primary N) is 1. The van der Waals surface area contributed by atoms with Gasteiger partial charge in [-0.15, -0.1) is 0 Å². The molecule has 0 spiro atoms. The molecule has 6 nitrogen and oxygen atoms in total. The van der Waals surface area contributed by atoms with Gasteiger partial charge in [0.15, 0.2) is 0 Å². The Balaban J connectivity index is 2.34. The van der Waals surface area contributed by atoms with Crippen LogP contribution in [0.5, 0.6) is 0 Å². The first-order chi connectivity index (χ1) is 9.15. The average molecular weight is 258 g/mol. The van der Waals surface area contributed by atoms with Gasteiger partial charge in [0.1, 0.15) is 23.8 Å². The monoisotopic (exact) mass is 258 g/mol. The number of hydrazine groups is 1. The highest BCUT2D eigenvalue weighted by Gasteiger charge is 2.09. The topological polar surface area (TPSA) is 99.7 Å². The number of hydrogen-bond donors (Lipinski definition) is 3. The third-order valence-corrected chi connectivity index (χ3v) is 2.57. The number of hydrogen-bond acceptors (Lipinski definition) is 6. The number of nitrogen functional groups attached to an aromatic ring is 1. The highest BCUT2D eigenvalue weighted by atomic mass is 19.1. The summed E-state index contributed by atoms with van der Waals surface area (Å²) in [5.74, 6) is 5.66. The van der Waals surface area contributed by atoms with E-state index in [2.05, 4.69) is 20.7 Å². The Morgan fingerprint density at radius 1 is 1.32 bits per heavy atom. The fourth-order valence-electron chi connectivity index (χ4n) is 1.54. The van der Waals surface area contributed by atoms with Crippen LogP contribution in [-0.2, 0) is 0 Å². The fraction of sp³-hybridized carbons (Fsp3) is 0.0833. The Morgan fingerprint density at radius 2 is 2.05 bits per heavy atom. The second-order valence-electron chi connectivity index (χ2n) is 3.77. The lowest BCUT2D eigenvalue weighted by molar-refractivity contribution is 0.631. The molecule has 19 heavy (non-hydrogen) atoms. The van der Waals surface area contributed by atoms with Crippen molar-refractivity contribution in [1.29, 1.82) is 5.26 Å². The molecule has 0 bridgehead atoms. The van der Waals surface area contributed by atoms with Gasteiger partial charge in [-0.1, -0.05) is 0 Å². The summed E-state index contributed by atoms with van der Waals surface area (Å²) in [6.45, 7) is 1.75. The number of nitrogens with one attached hydrogen (secondary N) is 2. The maximum absolute atomic E-state index is 13.7. The molecule has 0 unspecified atom stereocenters. The molecule has 4 N–H and O–H groups in total. The van der Waals surface area contributed by atoms with Crippen LogP contribution in [-0.4, -0.2) is 9.97 Å². The van der Waals surface area contributed by atoms with E-state index in [0.29, 0.717) is 17.2 Å². The second-order valence-corrected chi connectivity index (χ2v) is 3.77. The van der Waals surface area contributed by atoms with Gasteiger partial charge in [-0.25, -0.2) is 20.2 Å². The molecule has 2 aromatic rings. The van der Waals surface area contributed by atoms with E-state index in [1.807, 2.05) is 6.07 Å². The van der Waals surface area contributed by atoms with E-state index in [-0.39, 0.29) is 11.3 Å². The van der Waals surface area contributed by atoms with Crippen LogP contribution in [0.1, 0.15) is 11.1 Å². The van der Waals surface area contributed by atoms with Crippen molar-refractivity contribution < 1.29 is 4.39 Å². The maximum Gasteiger partial charge on any atom is 0.148 e. The number of nitriles is 1. The normalized spacial score (nSPS) is 9.79. The van der Waals surface area contributed by atoms with Crippen LogP contribution in [0.3, 0.4) is 0 Å². The molecule has 7 heteroatoms. The van der Waals surface area contributed by atoms with E-state index in [1.54, 1.807) is 6.92 Å². The zero-order valence-corrected chi connectivity index (χ0v) is 10.1. The molecule has 96 valence electrons. The second kappa shape index (κ2) is 5.29. The fourth-order valence-corrected chi connectivity index (χ4v) is 1.54. The maximum atomic E-state index is 13.7. The minimum atomic E-state index is -0.528. The summed E-state index contributed by atoms with van der Waals surface area (Å²) in [7, 11) is 0. The molecule has 2 rings (SSSR count). The van der Waals surface area contributed by atoms with Crippen molar-refractivity contribution in [2.75, 3.05) is 10.7 Å². The van der Waals surface area contributed by atoms with Crippen LogP contribution in [0, 0.1) is 24.1 Å². The third-order valence-electron chi connectivity index (χ3n) is 2.57. The first-order valence-electron chi connectivity index (χ1n) is 5.40. The smallest absolute Gasteiger partial charge is 0.148 e. The molecule has 1 aromatic carbocycles. The minimum Gasteiger partial charge on any atom is -0.337 e. The van der Waals surface area contributed by atoms with Crippen LogP contribution >= 0.6 is 0 Å². The SMILES string of the molecule is Cc1c(NN)ncnc1Nc1ccc(C#N)cc1F. The van der Waals surface area contributed by atoms with E-state index in [4.69, 9.17) is 11.1 Å². The standard InChI is InChI=1S/C12H11FN6/c1-7-11(16-6-17-12(7)19-15)18-10-3-2-8(5-14)4-9(10)13/h2-4,6H,15H2,1H3,(H2,16,17,18,19). The summed E-state index contributed by atoms with van der Waals surface area (Å²) in [4.78, 5) is 7.94. The number of benzene rings is 1. The summed E-state index contributed by atoms with van der Waals surface area (Å²) in [6.07, 6.45) is 1.31. The first-order valence-corrected chi connectivity index (χ1v) is 5.40. The zero-order valence-electron chi connectivity index (χ0n) is 10.1. The van der Waals surface area contributed by atoms with Crippen molar-refractivity contribution in [2.24, 2.45) is 5.84 Å². The predicted octanol–water partition coefficient (Wildman–Crippen LogP) is 1.82. The van der Waals surface area contributed by atoms with Gasteiger partial charge in [-0.2, -0.15) is 5.26 Å². The van der Waals surface area contributed by atoms with Gasteiger partial charge in [0.2, 0.25) is 0 Å². The molecular weight excluding hydrogens is 247 g/mol. The Kier molecular flexibility index (Phi) is 3.54. The van der Waals surface area contributed by atoms with Crippen molar-refractivity contribution in [3.63, 3.8) is 0 Å². The Labute approximate surface area is 109 Å². The molecule has 0 saturated heterocycles. The number of halogens is 1. The molecule has 0 atom stereocenters. The number of rotatable bonds is 3. The minimum absolute atomic E-state index is 0.226. The first kappa shape index (κ1) is 12.7. The zero-order chi connectivity index (χ0) is 13.8. The Bertz CT molecular complexity index is 649. The highest BCUT2D eigenvalue weighted by Crippen LogP contribution is 2.24. The molecule has 0 fully saturated rings. The van der Waals surface area contributed by atoms with Crippen LogP contribution in [0.15, 0.2) is 24.5 Å².